The number of hydrogen-bond donors (Lipinski definition) is 1. The lowest BCUT2D eigenvalue weighted by molar-refractivity contribution is -0.134. The Balaban J connectivity index is 2.44. The second kappa shape index (κ2) is 3.88. The SMILES string of the molecule is O=C(O)c1cnoc1-c1ccc(C(F)(F)F)s1. The molecule has 90 valence electrons. The summed E-state index contributed by atoms with van der Waals surface area (Å²) in [5, 5.41) is 12.0. The summed E-state index contributed by atoms with van der Waals surface area (Å²) < 4.78 is 41.7. The second-order valence-electron chi connectivity index (χ2n) is 3.04. The van der Waals surface area contributed by atoms with E-state index in [1.165, 1.54) is 0 Å². The average molecular weight is 263 g/mol. The molecule has 0 amide bonds. The zero-order chi connectivity index (χ0) is 12.6. The maximum Gasteiger partial charge on any atom is 0.425 e. The van der Waals surface area contributed by atoms with Crippen molar-refractivity contribution >= 4 is 17.3 Å². The van der Waals surface area contributed by atoms with Gasteiger partial charge in [-0.1, -0.05) is 5.16 Å². The van der Waals surface area contributed by atoms with Crippen molar-refractivity contribution < 1.29 is 27.6 Å². The number of rotatable bonds is 2. The van der Waals surface area contributed by atoms with E-state index in [-0.39, 0.29) is 16.2 Å². The Morgan fingerprint density at radius 1 is 1.41 bits per heavy atom. The van der Waals surface area contributed by atoms with Crippen LogP contribution in [0.4, 0.5) is 13.2 Å². The smallest absolute Gasteiger partial charge is 0.425 e. The van der Waals surface area contributed by atoms with Gasteiger partial charge in [0, 0.05) is 0 Å². The van der Waals surface area contributed by atoms with Crippen LogP contribution in [0.15, 0.2) is 22.9 Å². The van der Waals surface area contributed by atoms with Crippen molar-refractivity contribution in [2.75, 3.05) is 0 Å². The van der Waals surface area contributed by atoms with Crippen LogP contribution >= 0.6 is 11.3 Å². The molecule has 0 atom stereocenters. The highest BCUT2D eigenvalue weighted by Gasteiger charge is 2.33. The molecule has 0 unspecified atom stereocenters. The van der Waals surface area contributed by atoms with Crippen LogP contribution in [0.25, 0.3) is 10.6 Å². The molecule has 4 nitrogen and oxygen atoms in total. The van der Waals surface area contributed by atoms with E-state index in [9.17, 15) is 18.0 Å². The van der Waals surface area contributed by atoms with Crippen molar-refractivity contribution in [3.05, 3.63) is 28.8 Å². The van der Waals surface area contributed by atoms with E-state index in [0.29, 0.717) is 11.3 Å². The third-order valence-corrected chi connectivity index (χ3v) is 3.04. The van der Waals surface area contributed by atoms with Crippen LogP contribution in [0.5, 0.6) is 0 Å². The molecule has 2 aromatic heterocycles. The van der Waals surface area contributed by atoms with E-state index in [1.54, 1.807) is 0 Å². The highest BCUT2D eigenvalue weighted by Crippen LogP contribution is 2.39. The summed E-state index contributed by atoms with van der Waals surface area (Å²) in [6.07, 6.45) is -3.50. The monoisotopic (exact) mass is 263 g/mol. The Bertz CT molecular complexity index is 558. The van der Waals surface area contributed by atoms with E-state index in [4.69, 9.17) is 5.11 Å². The van der Waals surface area contributed by atoms with Crippen LogP contribution in [0.1, 0.15) is 15.2 Å². The number of nitrogens with zero attached hydrogens (tertiary/aromatic N) is 1. The molecular weight excluding hydrogens is 259 g/mol. The first-order chi connectivity index (χ1) is 7.89. The fraction of sp³-hybridized carbons (Fsp3) is 0.111. The first-order valence-corrected chi connectivity index (χ1v) is 5.06. The second-order valence-corrected chi connectivity index (χ2v) is 4.12. The van der Waals surface area contributed by atoms with Crippen molar-refractivity contribution in [1.29, 1.82) is 0 Å². The van der Waals surface area contributed by atoms with E-state index < -0.39 is 17.0 Å². The van der Waals surface area contributed by atoms with Gasteiger partial charge in [0.05, 0.1) is 11.1 Å². The number of thiophene rings is 1. The number of carboxylic acid groups (broad SMARTS) is 1. The predicted octanol–water partition coefficient (Wildman–Crippen LogP) is 3.12. The average Bonchev–Trinajstić information content (AvgIpc) is 2.85. The first kappa shape index (κ1) is 11.6. The Morgan fingerprint density at radius 3 is 2.65 bits per heavy atom. The minimum atomic E-state index is -4.45. The maximum absolute atomic E-state index is 12.3. The number of alkyl halides is 3. The minimum absolute atomic E-state index is 0.0761. The third-order valence-electron chi connectivity index (χ3n) is 1.91. The van der Waals surface area contributed by atoms with Crippen LogP contribution in [0, 0.1) is 0 Å². The molecule has 17 heavy (non-hydrogen) atoms. The highest BCUT2D eigenvalue weighted by atomic mass is 32.1. The summed E-state index contributed by atoms with van der Waals surface area (Å²) in [4.78, 5) is 10.00. The first-order valence-electron chi connectivity index (χ1n) is 4.25. The molecule has 0 fully saturated rings. The molecule has 1 N–H and O–H groups in total. The van der Waals surface area contributed by atoms with Crippen molar-refractivity contribution in [3.8, 4) is 10.6 Å². The van der Waals surface area contributed by atoms with Crippen LogP contribution < -0.4 is 0 Å². The van der Waals surface area contributed by atoms with E-state index in [2.05, 4.69) is 9.68 Å². The van der Waals surface area contributed by atoms with Gasteiger partial charge in [0.2, 0.25) is 0 Å². The number of halogens is 3. The molecule has 0 aromatic carbocycles. The van der Waals surface area contributed by atoms with Crippen LogP contribution in [0.2, 0.25) is 0 Å². The Hall–Kier alpha value is -1.83. The van der Waals surface area contributed by atoms with E-state index in [0.717, 1.165) is 18.3 Å². The van der Waals surface area contributed by atoms with Gasteiger partial charge in [-0.3, -0.25) is 0 Å². The molecule has 0 spiro atoms. The molecule has 0 aliphatic rings. The summed E-state index contributed by atoms with van der Waals surface area (Å²) >= 11 is 0.407. The fourth-order valence-electron chi connectivity index (χ4n) is 1.18. The van der Waals surface area contributed by atoms with Crippen molar-refractivity contribution in [2.45, 2.75) is 6.18 Å². The Kier molecular flexibility index (Phi) is 2.66. The predicted molar refractivity (Wildman–Crippen MR) is 51.8 cm³/mol. The summed E-state index contributed by atoms with van der Waals surface area (Å²) in [5.41, 5.74) is -0.263. The third kappa shape index (κ3) is 2.16. The molecule has 2 rings (SSSR count). The normalized spacial score (nSPS) is 11.7. The van der Waals surface area contributed by atoms with Crippen molar-refractivity contribution in [3.63, 3.8) is 0 Å². The lowest BCUT2D eigenvalue weighted by Crippen LogP contribution is -2.00. The molecule has 8 heteroatoms. The van der Waals surface area contributed by atoms with Crippen LogP contribution in [-0.4, -0.2) is 16.2 Å². The lowest BCUT2D eigenvalue weighted by atomic mass is 10.2. The van der Waals surface area contributed by atoms with Gasteiger partial charge in [0.15, 0.2) is 5.76 Å². The van der Waals surface area contributed by atoms with Crippen molar-refractivity contribution in [2.24, 2.45) is 0 Å². The minimum Gasteiger partial charge on any atom is -0.477 e. The number of carbonyl (C=O) groups is 1. The van der Waals surface area contributed by atoms with Crippen LogP contribution in [-0.2, 0) is 6.18 Å². The molecule has 2 heterocycles. The summed E-state index contributed by atoms with van der Waals surface area (Å²) in [6, 6.07) is 2.02. The van der Waals surface area contributed by atoms with Gasteiger partial charge in [0.25, 0.3) is 0 Å². The van der Waals surface area contributed by atoms with Crippen LogP contribution in [0.3, 0.4) is 0 Å². The quantitative estimate of drug-likeness (QED) is 0.904. The topological polar surface area (TPSA) is 63.3 Å². The van der Waals surface area contributed by atoms with Gasteiger partial charge in [-0.15, -0.1) is 11.3 Å². The van der Waals surface area contributed by atoms with Gasteiger partial charge in [-0.25, -0.2) is 4.79 Å². The highest BCUT2D eigenvalue weighted by molar-refractivity contribution is 7.15. The molecule has 0 saturated carbocycles. The maximum atomic E-state index is 12.3. The number of aromatic nitrogens is 1. The lowest BCUT2D eigenvalue weighted by Gasteiger charge is -2.00. The molecule has 0 saturated heterocycles. The Labute approximate surface area is 96.3 Å². The summed E-state index contributed by atoms with van der Waals surface area (Å²) in [6.45, 7) is 0. The van der Waals surface area contributed by atoms with E-state index >= 15 is 0 Å². The molecule has 0 aliphatic heterocycles. The van der Waals surface area contributed by atoms with Gasteiger partial charge in [0.1, 0.15) is 10.4 Å². The molecule has 0 bridgehead atoms. The zero-order valence-electron chi connectivity index (χ0n) is 7.99. The van der Waals surface area contributed by atoms with Gasteiger partial charge < -0.3 is 9.63 Å². The fourth-order valence-corrected chi connectivity index (χ4v) is 2.05. The van der Waals surface area contributed by atoms with Gasteiger partial charge in [-0.05, 0) is 12.1 Å². The van der Waals surface area contributed by atoms with Crippen molar-refractivity contribution in [1.82, 2.24) is 5.16 Å². The van der Waals surface area contributed by atoms with E-state index in [1.807, 2.05) is 0 Å². The molecule has 2 aromatic rings. The standard InChI is InChI=1S/C9H4F3NO3S/c10-9(11,12)6-2-1-5(17-6)7-4(8(14)15)3-13-16-7/h1-3H,(H,14,15). The molecular formula is C9H4F3NO3S. The van der Waals surface area contributed by atoms with Gasteiger partial charge >= 0.3 is 12.1 Å². The summed E-state index contributed by atoms with van der Waals surface area (Å²) in [7, 11) is 0. The van der Waals surface area contributed by atoms with Gasteiger partial charge in [-0.2, -0.15) is 13.2 Å². The zero-order valence-corrected chi connectivity index (χ0v) is 8.80. The largest absolute Gasteiger partial charge is 0.477 e. The molecule has 0 radical (unpaired) electrons. The molecule has 0 aliphatic carbocycles. The summed E-state index contributed by atoms with van der Waals surface area (Å²) in [5.74, 6) is -1.47. The number of hydrogen-bond acceptors (Lipinski definition) is 4. The number of carboxylic acids is 1. The Morgan fingerprint density at radius 2 is 2.12 bits per heavy atom. The number of aromatic carboxylic acids is 1.